The third-order valence-electron chi connectivity index (χ3n) is 4.83. The van der Waals surface area contributed by atoms with Crippen molar-refractivity contribution in [3.8, 4) is 5.75 Å². The van der Waals surface area contributed by atoms with Gasteiger partial charge >= 0.3 is 5.97 Å². The zero-order valence-electron chi connectivity index (χ0n) is 15.5. The van der Waals surface area contributed by atoms with Gasteiger partial charge in [0.1, 0.15) is 11.3 Å². The number of amides is 1. The van der Waals surface area contributed by atoms with Gasteiger partial charge in [-0.15, -0.1) is 0 Å². The second-order valence-electron chi connectivity index (χ2n) is 6.88. The lowest BCUT2D eigenvalue weighted by atomic mass is 9.95. The predicted molar refractivity (Wildman–Crippen MR) is 103 cm³/mol. The van der Waals surface area contributed by atoms with Crippen molar-refractivity contribution >= 4 is 17.7 Å². The van der Waals surface area contributed by atoms with Crippen LogP contribution in [-0.4, -0.2) is 34.9 Å². The average molecular weight is 381 g/mol. The molecule has 1 aliphatic carbocycles. The van der Waals surface area contributed by atoms with Gasteiger partial charge < -0.3 is 15.2 Å². The summed E-state index contributed by atoms with van der Waals surface area (Å²) >= 11 is 0. The van der Waals surface area contributed by atoms with Crippen LogP contribution in [0.4, 0.5) is 0 Å². The van der Waals surface area contributed by atoms with E-state index < -0.39 is 23.8 Å². The van der Waals surface area contributed by atoms with Crippen LogP contribution < -0.4 is 5.32 Å². The number of aromatic hydroxyl groups is 1. The number of hydrogen-bond donors (Lipinski definition) is 2. The van der Waals surface area contributed by atoms with Crippen LogP contribution in [0.1, 0.15) is 52.8 Å². The monoisotopic (exact) mass is 381 g/mol. The molecular formula is C22H23NO5. The summed E-state index contributed by atoms with van der Waals surface area (Å²) in [7, 11) is 0. The summed E-state index contributed by atoms with van der Waals surface area (Å²) in [5.41, 5.74) is 0.176. The van der Waals surface area contributed by atoms with E-state index in [1.165, 1.54) is 12.1 Å². The number of rotatable bonds is 6. The Hall–Kier alpha value is -3.15. The molecule has 1 aliphatic rings. The minimum Gasteiger partial charge on any atom is -0.507 e. The van der Waals surface area contributed by atoms with Crippen LogP contribution in [-0.2, 0) is 9.53 Å². The number of ether oxygens (including phenoxy) is 1. The standard InChI is InChI=1S/C22H23NO5/c24-18-14-8-7-13-17(18)22(27)28-20(19(25)15-9-3-1-4-10-15)21(26)23-16-11-5-2-6-12-16/h1,3-4,7-10,13-14,16,20,24H,2,5-6,11-12H2,(H,23,26). The highest BCUT2D eigenvalue weighted by Gasteiger charge is 2.33. The summed E-state index contributed by atoms with van der Waals surface area (Å²) in [4.78, 5) is 38.2. The Labute approximate surface area is 163 Å². The Morgan fingerprint density at radius 3 is 2.25 bits per heavy atom. The van der Waals surface area contributed by atoms with Crippen LogP contribution in [0.2, 0.25) is 0 Å². The van der Waals surface area contributed by atoms with E-state index in [1.807, 2.05) is 0 Å². The zero-order valence-corrected chi connectivity index (χ0v) is 15.5. The van der Waals surface area contributed by atoms with Crippen LogP contribution >= 0.6 is 0 Å². The molecule has 2 aromatic carbocycles. The average Bonchev–Trinajstić information content (AvgIpc) is 2.73. The smallest absolute Gasteiger partial charge is 0.343 e. The first-order valence-corrected chi connectivity index (χ1v) is 9.45. The Bertz CT molecular complexity index is 843. The van der Waals surface area contributed by atoms with Gasteiger partial charge in [-0.05, 0) is 25.0 Å². The molecular weight excluding hydrogens is 358 g/mol. The number of esters is 1. The molecule has 1 fully saturated rings. The molecule has 0 bridgehead atoms. The number of phenolic OH excluding ortho intramolecular Hbond substituents is 1. The molecule has 0 radical (unpaired) electrons. The lowest BCUT2D eigenvalue weighted by Crippen LogP contribution is -2.47. The Morgan fingerprint density at radius 1 is 0.929 bits per heavy atom. The van der Waals surface area contributed by atoms with Crippen molar-refractivity contribution in [3.63, 3.8) is 0 Å². The number of phenols is 1. The van der Waals surface area contributed by atoms with E-state index in [-0.39, 0.29) is 22.9 Å². The fourth-order valence-corrected chi connectivity index (χ4v) is 3.32. The van der Waals surface area contributed by atoms with Crippen molar-refractivity contribution in [1.29, 1.82) is 0 Å². The molecule has 3 rings (SSSR count). The number of benzene rings is 2. The molecule has 0 saturated heterocycles. The summed E-state index contributed by atoms with van der Waals surface area (Å²) < 4.78 is 5.28. The number of carbonyl (C=O) groups excluding carboxylic acids is 3. The highest BCUT2D eigenvalue weighted by molar-refractivity contribution is 6.14. The zero-order chi connectivity index (χ0) is 19.9. The van der Waals surface area contributed by atoms with E-state index in [0.717, 1.165) is 32.1 Å². The molecule has 146 valence electrons. The normalized spacial score (nSPS) is 15.4. The van der Waals surface area contributed by atoms with E-state index in [0.29, 0.717) is 0 Å². The molecule has 0 heterocycles. The number of nitrogens with one attached hydrogen (secondary N) is 1. The molecule has 0 aliphatic heterocycles. The topological polar surface area (TPSA) is 92.7 Å². The maximum absolute atomic E-state index is 12.9. The van der Waals surface area contributed by atoms with E-state index >= 15 is 0 Å². The van der Waals surface area contributed by atoms with E-state index in [9.17, 15) is 19.5 Å². The van der Waals surface area contributed by atoms with E-state index in [4.69, 9.17) is 4.74 Å². The highest BCUT2D eigenvalue weighted by atomic mass is 16.6. The second kappa shape index (κ2) is 9.17. The fraction of sp³-hybridized carbons (Fsp3) is 0.318. The van der Waals surface area contributed by atoms with Crippen LogP contribution in [0, 0.1) is 0 Å². The second-order valence-corrected chi connectivity index (χ2v) is 6.88. The van der Waals surface area contributed by atoms with Crippen molar-refractivity contribution < 1.29 is 24.2 Å². The van der Waals surface area contributed by atoms with Crippen LogP contribution in [0.3, 0.4) is 0 Å². The molecule has 28 heavy (non-hydrogen) atoms. The molecule has 1 atom stereocenters. The van der Waals surface area contributed by atoms with Gasteiger partial charge in [-0.1, -0.05) is 61.7 Å². The van der Waals surface area contributed by atoms with E-state index in [2.05, 4.69) is 5.32 Å². The van der Waals surface area contributed by atoms with Gasteiger partial charge in [-0.25, -0.2) is 4.79 Å². The quantitative estimate of drug-likeness (QED) is 0.455. The lowest BCUT2D eigenvalue weighted by molar-refractivity contribution is -0.128. The molecule has 1 amide bonds. The maximum atomic E-state index is 12.9. The third kappa shape index (κ3) is 4.76. The third-order valence-corrected chi connectivity index (χ3v) is 4.83. The Kier molecular flexibility index (Phi) is 6.42. The van der Waals surface area contributed by atoms with Gasteiger partial charge in [0.05, 0.1) is 0 Å². The Morgan fingerprint density at radius 2 is 1.57 bits per heavy atom. The lowest BCUT2D eigenvalue weighted by Gasteiger charge is -2.25. The maximum Gasteiger partial charge on any atom is 0.343 e. The summed E-state index contributed by atoms with van der Waals surface area (Å²) in [5, 5.41) is 12.7. The number of hydrogen-bond acceptors (Lipinski definition) is 5. The number of para-hydroxylation sites is 1. The van der Waals surface area contributed by atoms with Crippen molar-refractivity contribution in [3.05, 3.63) is 65.7 Å². The van der Waals surface area contributed by atoms with Crippen LogP contribution in [0.5, 0.6) is 5.75 Å². The van der Waals surface area contributed by atoms with E-state index in [1.54, 1.807) is 42.5 Å². The summed E-state index contributed by atoms with van der Waals surface area (Å²) in [5.74, 6) is -2.43. The van der Waals surface area contributed by atoms with Gasteiger partial charge in [0, 0.05) is 11.6 Å². The minimum absolute atomic E-state index is 0.0313. The molecule has 0 aromatic heterocycles. The van der Waals surface area contributed by atoms with Gasteiger partial charge in [0.25, 0.3) is 5.91 Å². The fourth-order valence-electron chi connectivity index (χ4n) is 3.32. The largest absolute Gasteiger partial charge is 0.507 e. The SMILES string of the molecule is O=C(OC(C(=O)NC1CCCCC1)C(=O)c1ccccc1)c1ccccc1O. The summed E-state index contributed by atoms with van der Waals surface area (Å²) in [6.45, 7) is 0. The van der Waals surface area contributed by atoms with Gasteiger partial charge in [0.15, 0.2) is 0 Å². The number of Topliss-reactive ketones (excluding diaryl/α,β-unsaturated/α-hetero) is 1. The predicted octanol–water partition coefficient (Wildman–Crippen LogP) is 3.25. The van der Waals surface area contributed by atoms with Crippen molar-refractivity contribution in [1.82, 2.24) is 5.32 Å². The van der Waals surface area contributed by atoms with Crippen LogP contribution in [0.25, 0.3) is 0 Å². The first kappa shape index (κ1) is 19.6. The molecule has 6 heteroatoms. The molecule has 1 unspecified atom stereocenters. The number of ketones is 1. The van der Waals surface area contributed by atoms with Crippen molar-refractivity contribution in [2.45, 2.75) is 44.2 Å². The Balaban J connectivity index is 1.81. The molecule has 0 spiro atoms. The number of carbonyl (C=O) groups is 3. The van der Waals surface area contributed by atoms with Crippen LogP contribution in [0.15, 0.2) is 54.6 Å². The molecule has 2 N–H and O–H groups in total. The molecule has 6 nitrogen and oxygen atoms in total. The van der Waals surface area contributed by atoms with Crippen molar-refractivity contribution in [2.75, 3.05) is 0 Å². The van der Waals surface area contributed by atoms with Crippen molar-refractivity contribution in [2.24, 2.45) is 0 Å². The van der Waals surface area contributed by atoms with Gasteiger partial charge in [-0.3, -0.25) is 9.59 Å². The molecule has 1 saturated carbocycles. The minimum atomic E-state index is -1.61. The first-order chi connectivity index (χ1) is 13.6. The first-order valence-electron chi connectivity index (χ1n) is 9.45. The molecule has 2 aromatic rings. The van der Waals surface area contributed by atoms with Gasteiger partial charge in [-0.2, -0.15) is 0 Å². The van der Waals surface area contributed by atoms with Gasteiger partial charge in [0.2, 0.25) is 11.9 Å². The summed E-state index contributed by atoms with van der Waals surface area (Å²) in [6, 6.07) is 14.0. The summed E-state index contributed by atoms with van der Waals surface area (Å²) in [6.07, 6.45) is 3.22. The highest BCUT2D eigenvalue weighted by Crippen LogP contribution is 2.20.